The second kappa shape index (κ2) is 7.20. The summed E-state index contributed by atoms with van der Waals surface area (Å²) in [6.07, 6.45) is 6.96. The quantitative estimate of drug-likeness (QED) is 0.847. The average Bonchev–Trinajstić information content (AvgIpc) is 2.96. The predicted molar refractivity (Wildman–Crippen MR) is 86.4 cm³/mol. The maximum Gasteiger partial charge on any atom is 0.133 e. The number of nitrogens with one attached hydrogen (secondary N) is 1. The molecule has 5 heteroatoms. The van der Waals surface area contributed by atoms with Gasteiger partial charge in [-0.15, -0.1) is 0 Å². The molecule has 2 rings (SSSR count). The van der Waals surface area contributed by atoms with E-state index in [0.717, 1.165) is 60.8 Å². The lowest BCUT2D eigenvalue weighted by molar-refractivity contribution is 0.660. The van der Waals surface area contributed by atoms with Crippen molar-refractivity contribution in [2.45, 2.75) is 53.5 Å². The maximum atomic E-state index is 4.74. The zero-order valence-corrected chi connectivity index (χ0v) is 13.5. The van der Waals surface area contributed by atoms with Crippen molar-refractivity contribution in [3.05, 3.63) is 23.8 Å². The summed E-state index contributed by atoms with van der Waals surface area (Å²) in [6.45, 7) is 10.3. The molecule has 0 amide bonds. The molecule has 0 unspecified atom stereocenters. The van der Waals surface area contributed by atoms with Gasteiger partial charge in [0, 0.05) is 36.8 Å². The Hall–Kier alpha value is -1.91. The van der Waals surface area contributed by atoms with Gasteiger partial charge in [0.2, 0.25) is 0 Å². The molecule has 0 fully saturated rings. The van der Waals surface area contributed by atoms with Gasteiger partial charge in [0.15, 0.2) is 0 Å². The van der Waals surface area contributed by atoms with E-state index in [1.807, 2.05) is 10.9 Å². The molecule has 0 radical (unpaired) electrons. The van der Waals surface area contributed by atoms with Crippen LogP contribution in [-0.2, 0) is 13.0 Å². The zero-order chi connectivity index (χ0) is 15.2. The molecule has 2 aromatic rings. The topological polar surface area (TPSA) is 55.6 Å². The summed E-state index contributed by atoms with van der Waals surface area (Å²) < 4.78 is 1.93. The fourth-order valence-corrected chi connectivity index (χ4v) is 2.25. The van der Waals surface area contributed by atoms with Crippen molar-refractivity contribution in [1.29, 1.82) is 0 Å². The van der Waals surface area contributed by atoms with Crippen LogP contribution in [0.2, 0.25) is 0 Å². The average molecular weight is 287 g/mol. The molecular weight excluding hydrogens is 262 g/mol. The van der Waals surface area contributed by atoms with Crippen molar-refractivity contribution in [3.8, 4) is 11.3 Å². The number of aromatic nitrogens is 4. The largest absolute Gasteiger partial charge is 0.370 e. The zero-order valence-electron chi connectivity index (χ0n) is 13.5. The molecule has 2 heterocycles. The molecule has 114 valence electrons. The van der Waals surface area contributed by atoms with Crippen LogP contribution in [0.25, 0.3) is 11.3 Å². The van der Waals surface area contributed by atoms with Gasteiger partial charge in [-0.2, -0.15) is 5.10 Å². The Bertz CT molecular complexity index is 588. The first kappa shape index (κ1) is 15.5. The van der Waals surface area contributed by atoms with Gasteiger partial charge in [0.1, 0.15) is 11.6 Å². The highest BCUT2D eigenvalue weighted by Crippen LogP contribution is 2.26. The number of hydrogen-bond acceptors (Lipinski definition) is 4. The minimum Gasteiger partial charge on any atom is -0.370 e. The fourth-order valence-electron chi connectivity index (χ4n) is 2.25. The summed E-state index contributed by atoms with van der Waals surface area (Å²) in [4.78, 5) is 9.41. The molecule has 0 saturated carbocycles. The number of anilines is 1. The van der Waals surface area contributed by atoms with Gasteiger partial charge >= 0.3 is 0 Å². The first-order valence-corrected chi connectivity index (χ1v) is 7.83. The van der Waals surface area contributed by atoms with E-state index in [2.05, 4.69) is 49.3 Å². The van der Waals surface area contributed by atoms with E-state index in [0.29, 0.717) is 0 Å². The molecule has 0 atom stereocenters. The van der Waals surface area contributed by atoms with Gasteiger partial charge < -0.3 is 5.32 Å². The molecule has 0 aliphatic heterocycles. The second-order valence-corrected chi connectivity index (χ2v) is 5.22. The molecule has 0 aromatic carbocycles. The highest BCUT2D eigenvalue weighted by molar-refractivity contribution is 5.67. The van der Waals surface area contributed by atoms with Crippen LogP contribution in [0, 0.1) is 6.92 Å². The monoisotopic (exact) mass is 287 g/mol. The van der Waals surface area contributed by atoms with Crippen molar-refractivity contribution in [1.82, 2.24) is 19.7 Å². The smallest absolute Gasteiger partial charge is 0.133 e. The van der Waals surface area contributed by atoms with Crippen LogP contribution in [0.1, 0.15) is 45.0 Å². The summed E-state index contributed by atoms with van der Waals surface area (Å²) >= 11 is 0. The van der Waals surface area contributed by atoms with E-state index in [-0.39, 0.29) is 0 Å². The molecule has 2 aromatic heterocycles. The minimum atomic E-state index is 0.868. The van der Waals surface area contributed by atoms with Gasteiger partial charge in [-0.1, -0.05) is 13.8 Å². The van der Waals surface area contributed by atoms with Crippen LogP contribution in [0.3, 0.4) is 0 Å². The number of rotatable bonds is 7. The Morgan fingerprint density at radius 2 is 1.95 bits per heavy atom. The summed E-state index contributed by atoms with van der Waals surface area (Å²) in [6, 6.07) is 0. The van der Waals surface area contributed by atoms with E-state index in [1.54, 1.807) is 0 Å². The summed E-state index contributed by atoms with van der Waals surface area (Å²) in [5.74, 6) is 1.86. The Morgan fingerprint density at radius 3 is 2.57 bits per heavy atom. The van der Waals surface area contributed by atoms with Gasteiger partial charge in [-0.05, 0) is 26.7 Å². The second-order valence-electron chi connectivity index (χ2n) is 5.22. The standard InChI is InChI=1S/C16H25N5/c1-5-8-14-19-15(13-10-18-21(7-3)11-13)12(4)16(20-14)17-9-6-2/h10-11H,5-9H2,1-4H3,(H,17,19,20). The molecule has 1 N–H and O–H groups in total. The first-order valence-electron chi connectivity index (χ1n) is 7.83. The van der Waals surface area contributed by atoms with Crippen molar-refractivity contribution < 1.29 is 0 Å². The highest BCUT2D eigenvalue weighted by atomic mass is 15.3. The van der Waals surface area contributed by atoms with Crippen molar-refractivity contribution in [2.24, 2.45) is 0 Å². The third kappa shape index (κ3) is 3.60. The lowest BCUT2D eigenvalue weighted by Crippen LogP contribution is -2.09. The Morgan fingerprint density at radius 1 is 1.14 bits per heavy atom. The number of hydrogen-bond donors (Lipinski definition) is 1. The normalized spacial score (nSPS) is 10.9. The molecule has 5 nitrogen and oxygen atoms in total. The van der Waals surface area contributed by atoms with Gasteiger partial charge in [-0.25, -0.2) is 9.97 Å². The molecule has 21 heavy (non-hydrogen) atoms. The van der Waals surface area contributed by atoms with Crippen LogP contribution >= 0.6 is 0 Å². The van der Waals surface area contributed by atoms with E-state index < -0.39 is 0 Å². The molecular formula is C16H25N5. The molecule has 0 spiro atoms. The van der Waals surface area contributed by atoms with E-state index in [1.165, 1.54) is 0 Å². The molecule has 0 aliphatic rings. The fraction of sp³-hybridized carbons (Fsp3) is 0.562. The summed E-state index contributed by atoms with van der Waals surface area (Å²) in [7, 11) is 0. The SMILES string of the molecule is CCCNc1nc(CCC)nc(-c2cnn(CC)c2)c1C. The molecule has 0 bridgehead atoms. The van der Waals surface area contributed by atoms with Crippen LogP contribution < -0.4 is 5.32 Å². The Balaban J connectivity index is 2.44. The van der Waals surface area contributed by atoms with Crippen molar-refractivity contribution >= 4 is 5.82 Å². The van der Waals surface area contributed by atoms with Gasteiger partial charge in [-0.3, -0.25) is 4.68 Å². The van der Waals surface area contributed by atoms with E-state index in [9.17, 15) is 0 Å². The molecule has 0 saturated heterocycles. The van der Waals surface area contributed by atoms with Crippen LogP contribution in [0.4, 0.5) is 5.82 Å². The third-order valence-corrected chi connectivity index (χ3v) is 3.44. The van der Waals surface area contributed by atoms with Gasteiger partial charge in [0.25, 0.3) is 0 Å². The van der Waals surface area contributed by atoms with Crippen molar-refractivity contribution in [2.75, 3.05) is 11.9 Å². The maximum absolute atomic E-state index is 4.74. The lowest BCUT2D eigenvalue weighted by Gasteiger charge is -2.12. The van der Waals surface area contributed by atoms with Crippen LogP contribution in [0.15, 0.2) is 12.4 Å². The summed E-state index contributed by atoms with van der Waals surface area (Å²) in [5.41, 5.74) is 3.15. The number of aryl methyl sites for hydroxylation is 2. The Labute approximate surface area is 126 Å². The summed E-state index contributed by atoms with van der Waals surface area (Å²) in [5, 5.41) is 7.77. The van der Waals surface area contributed by atoms with Crippen LogP contribution in [0.5, 0.6) is 0 Å². The third-order valence-electron chi connectivity index (χ3n) is 3.44. The predicted octanol–water partition coefficient (Wildman–Crippen LogP) is 3.44. The van der Waals surface area contributed by atoms with E-state index >= 15 is 0 Å². The van der Waals surface area contributed by atoms with Crippen molar-refractivity contribution in [3.63, 3.8) is 0 Å². The minimum absolute atomic E-state index is 0.868. The van der Waals surface area contributed by atoms with E-state index in [4.69, 9.17) is 4.98 Å². The Kier molecular flexibility index (Phi) is 5.31. The highest BCUT2D eigenvalue weighted by Gasteiger charge is 2.13. The van der Waals surface area contributed by atoms with Gasteiger partial charge in [0.05, 0.1) is 11.9 Å². The first-order chi connectivity index (χ1) is 10.2. The van der Waals surface area contributed by atoms with Crippen LogP contribution in [-0.4, -0.2) is 26.3 Å². The number of nitrogens with zero attached hydrogens (tertiary/aromatic N) is 4. The lowest BCUT2D eigenvalue weighted by atomic mass is 10.1. The molecule has 0 aliphatic carbocycles.